The van der Waals surface area contributed by atoms with E-state index in [0.717, 1.165) is 11.3 Å². The van der Waals surface area contributed by atoms with Gasteiger partial charge in [0.25, 0.3) is 5.91 Å². The third-order valence-electron chi connectivity index (χ3n) is 5.50. The van der Waals surface area contributed by atoms with Crippen LogP contribution in [0.2, 0.25) is 5.02 Å². The molecule has 4 rings (SSSR count). The molecule has 178 valence electrons. The van der Waals surface area contributed by atoms with Gasteiger partial charge < -0.3 is 19.7 Å². The monoisotopic (exact) mass is 489 g/mol. The number of hydrogen-bond donors (Lipinski definition) is 1. The fourth-order valence-electron chi connectivity index (χ4n) is 3.72. The van der Waals surface area contributed by atoms with Crippen LogP contribution in [0.4, 0.5) is 5.69 Å². The number of methoxy groups -OCH3 is 2. The van der Waals surface area contributed by atoms with Crippen LogP contribution < -0.4 is 14.8 Å². The third-order valence-corrected chi connectivity index (χ3v) is 5.73. The summed E-state index contributed by atoms with van der Waals surface area (Å²) in [6.07, 6.45) is 0. The van der Waals surface area contributed by atoms with Crippen molar-refractivity contribution in [3.05, 3.63) is 83.4 Å². The summed E-state index contributed by atoms with van der Waals surface area (Å²) in [4.78, 5) is 32.3. The van der Waals surface area contributed by atoms with E-state index in [4.69, 9.17) is 26.1 Å². The van der Waals surface area contributed by atoms with Gasteiger partial charge >= 0.3 is 0 Å². The number of nitrogens with one attached hydrogen (secondary N) is 1. The Kier molecular flexibility index (Phi) is 7.17. The van der Waals surface area contributed by atoms with Gasteiger partial charge in [0.1, 0.15) is 11.5 Å². The van der Waals surface area contributed by atoms with Crippen molar-refractivity contribution in [2.45, 2.75) is 0 Å². The number of pyridine rings is 1. The highest BCUT2D eigenvalue weighted by Crippen LogP contribution is 2.29. The van der Waals surface area contributed by atoms with Gasteiger partial charge in [0.05, 0.1) is 43.2 Å². The van der Waals surface area contributed by atoms with Crippen molar-refractivity contribution >= 4 is 40.0 Å². The molecular weight excluding hydrogens is 466 g/mol. The van der Waals surface area contributed by atoms with Crippen LogP contribution in [0.5, 0.6) is 11.5 Å². The third kappa shape index (κ3) is 5.36. The molecule has 7 nitrogen and oxygen atoms in total. The van der Waals surface area contributed by atoms with E-state index < -0.39 is 0 Å². The maximum Gasteiger partial charge on any atom is 0.254 e. The lowest BCUT2D eigenvalue weighted by Crippen LogP contribution is -2.35. The second-order valence-corrected chi connectivity index (χ2v) is 8.29. The van der Waals surface area contributed by atoms with Crippen LogP contribution >= 0.6 is 11.6 Å². The minimum atomic E-state index is -0.379. The molecule has 3 aromatic carbocycles. The molecular formula is C27H24ClN3O4. The Labute approximate surface area is 208 Å². The fraction of sp³-hybridized carbons (Fsp3) is 0.148. The highest BCUT2D eigenvalue weighted by molar-refractivity contribution is 6.31. The maximum absolute atomic E-state index is 13.5. The first kappa shape index (κ1) is 24.0. The van der Waals surface area contributed by atoms with Crippen LogP contribution in [-0.4, -0.2) is 49.5 Å². The summed E-state index contributed by atoms with van der Waals surface area (Å²) in [6.45, 7) is -0.164. The second kappa shape index (κ2) is 10.4. The number of carbonyl (C=O) groups is 2. The van der Waals surface area contributed by atoms with Gasteiger partial charge in [-0.25, -0.2) is 4.98 Å². The molecule has 0 saturated heterocycles. The first-order valence-corrected chi connectivity index (χ1v) is 11.2. The fourth-order valence-corrected chi connectivity index (χ4v) is 3.89. The molecule has 0 spiro atoms. The lowest BCUT2D eigenvalue weighted by molar-refractivity contribution is -0.116. The van der Waals surface area contributed by atoms with Crippen LogP contribution in [0.25, 0.3) is 22.2 Å². The van der Waals surface area contributed by atoms with Gasteiger partial charge in [-0.1, -0.05) is 29.8 Å². The number of amides is 2. The standard InChI is InChI=1S/C27H24ClN3O4/c1-31(16-26(32)30-24-14-18(28)10-13-25(24)35-3)27(33)21-15-23(17-8-11-19(34-2)12-9-17)29-22-7-5-4-6-20(21)22/h4-15H,16H2,1-3H3,(H,30,32). The average Bonchev–Trinajstić information content (AvgIpc) is 2.87. The van der Waals surface area contributed by atoms with Crippen LogP contribution in [0, 0.1) is 0 Å². The number of carbonyl (C=O) groups excluding carboxylic acids is 2. The van der Waals surface area contributed by atoms with E-state index >= 15 is 0 Å². The molecule has 1 heterocycles. The molecule has 0 saturated carbocycles. The minimum Gasteiger partial charge on any atom is -0.497 e. The number of anilines is 1. The SMILES string of the molecule is COc1ccc(-c2cc(C(=O)N(C)CC(=O)Nc3cc(Cl)ccc3OC)c3ccccc3n2)cc1. The molecule has 0 unspecified atom stereocenters. The number of aromatic nitrogens is 1. The average molecular weight is 490 g/mol. The quantitative estimate of drug-likeness (QED) is 0.382. The Morgan fingerprint density at radius 3 is 2.43 bits per heavy atom. The number of hydrogen-bond acceptors (Lipinski definition) is 5. The molecule has 0 aliphatic heterocycles. The van der Waals surface area contributed by atoms with Crippen molar-refractivity contribution < 1.29 is 19.1 Å². The second-order valence-electron chi connectivity index (χ2n) is 7.85. The first-order valence-electron chi connectivity index (χ1n) is 10.8. The molecule has 0 fully saturated rings. The minimum absolute atomic E-state index is 0.164. The largest absolute Gasteiger partial charge is 0.497 e. The lowest BCUT2D eigenvalue weighted by Gasteiger charge is -2.19. The van der Waals surface area contributed by atoms with E-state index in [2.05, 4.69) is 5.32 Å². The van der Waals surface area contributed by atoms with Crippen LogP contribution in [-0.2, 0) is 4.79 Å². The smallest absolute Gasteiger partial charge is 0.254 e. The molecule has 35 heavy (non-hydrogen) atoms. The van der Waals surface area contributed by atoms with Gasteiger partial charge in [-0.2, -0.15) is 0 Å². The number of likely N-dealkylation sites (N-methyl/N-ethyl adjacent to an activating group) is 1. The number of para-hydroxylation sites is 1. The van der Waals surface area contributed by atoms with Crippen molar-refractivity contribution in [2.24, 2.45) is 0 Å². The maximum atomic E-state index is 13.5. The normalized spacial score (nSPS) is 10.6. The summed E-state index contributed by atoms with van der Waals surface area (Å²) in [5, 5.41) is 3.92. The summed E-state index contributed by atoms with van der Waals surface area (Å²) in [6, 6.07) is 21.6. The molecule has 0 radical (unpaired) electrons. The molecule has 8 heteroatoms. The highest BCUT2D eigenvalue weighted by Gasteiger charge is 2.20. The molecule has 0 atom stereocenters. The Morgan fingerprint density at radius 1 is 0.971 bits per heavy atom. The van der Waals surface area contributed by atoms with Crippen LogP contribution in [0.15, 0.2) is 72.8 Å². The predicted octanol–water partition coefficient (Wildman–Crippen LogP) is 5.28. The molecule has 0 bridgehead atoms. The van der Waals surface area contributed by atoms with Gasteiger partial charge in [-0.05, 0) is 54.6 Å². The Balaban J connectivity index is 1.61. The van der Waals surface area contributed by atoms with Gasteiger partial charge in [-0.3, -0.25) is 9.59 Å². The van der Waals surface area contributed by atoms with E-state index in [1.165, 1.54) is 12.0 Å². The van der Waals surface area contributed by atoms with Gasteiger partial charge in [-0.15, -0.1) is 0 Å². The topological polar surface area (TPSA) is 80.8 Å². The van der Waals surface area contributed by atoms with Crippen molar-refractivity contribution in [2.75, 3.05) is 33.1 Å². The Morgan fingerprint density at radius 2 is 1.71 bits per heavy atom. The van der Waals surface area contributed by atoms with Crippen molar-refractivity contribution in [3.8, 4) is 22.8 Å². The van der Waals surface area contributed by atoms with Crippen molar-refractivity contribution in [1.29, 1.82) is 0 Å². The summed E-state index contributed by atoms with van der Waals surface area (Å²) in [7, 11) is 4.69. The molecule has 0 aliphatic rings. The number of halogens is 1. The number of rotatable bonds is 7. The first-order chi connectivity index (χ1) is 16.9. The zero-order valence-corrected chi connectivity index (χ0v) is 20.3. The predicted molar refractivity (Wildman–Crippen MR) is 137 cm³/mol. The van der Waals surface area contributed by atoms with Gasteiger partial charge in [0.15, 0.2) is 0 Å². The Bertz CT molecular complexity index is 1390. The van der Waals surface area contributed by atoms with Gasteiger partial charge in [0, 0.05) is 23.0 Å². The number of fused-ring (bicyclic) bond motifs is 1. The molecule has 1 aromatic heterocycles. The number of ether oxygens (including phenoxy) is 2. The highest BCUT2D eigenvalue weighted by atomic mass is 35.5. The van der Waals surface area contributed by atoms with Crippen LogP contribution in [0.1, 0.15) is 10.4 Å². The summed E-state index contributed by atoms with van der Waals surface area (Å²) >= 11 is 6.05. The summed E-state index contributed by atoms with van der Waals surface area (Å²) < 4.78 is 10.5. The van der Waals surface area contributed by atoms with E-state index in [0.29, 0.717) is 38.6 Å². The molecule has 2 amide bonds. The number of nitrogens with zero attached hydrogens (tertiary/aromatic N) is 2. The van der Waals surface area contributed by atoms with Gasteiger partial charge in [0.2, 0.25) is 5.91 Å². The van der Waals surface area contributed by atoms with E-state index in [-0.39, 0.29) is 18.4 Å². The molecule has 1 N–H and O–H groups in total. The zero-order valence-electron chi connectivity index (χ0n) is 19.5. The Hall–Kier alpha value is -4.10. The van der Waals surface area contributed by atoms with Crippen molar-refractivity contribution in [1.82, 2.24) is 9.88 Å². The van der Waals surface area contributed by atoms with E-state index in [9.17, 15) is 9.59 Å². The van der Waals surface area contributed by atoms with E-state index in [1.54, 1.807) is 38.4 Å². The molecule has 0 aliphatic carbocycles. The van der Waals surface area contributed by atoms with Crippen LogP contribution in [0.3, 0.4) is 0 Å². The summed E-state index contributed by atoms with van der Waals surface area (Å²) in [5.74, 6) is 0.524. The van der Waals surface area contributed by atoms with Crippen molar-refractivity contribution in [3.63, 3.8) is 0 Å². The lowest BCUT2D eigenvalue weighted by atomic mass is 10.0. The molecule has 4 aromatic rings. The number of benzene rings is 3. The zero-order chi connectivity index (χ0) is 24.9. The van der Waals surface area contributed by atoms with E-state index in [1.807, 2.05) is 48.5 Å². The summed E-state index contributed by atoms with van der Waals surface area (Å²) in [5.41, 5.74) is 3.07.